The van der Waals surface area contributed by atoms with E-state index in [0.717, 1.165) is 5.56 Å². The Kier molecular flexibility index (Phi) is 7.85. The van der Waals surface area contributed by atoms with Crippen molar-refractivity contribution in [2.75, 3.05) is 11.9 Å². The van der Waals surface area contributed by atoms with Crippen LogP contribution in [0.5, 0.6) is 11.5 Å². The third kappa shape index (κ3) is 5.87. The maximum Gasteiger partial charge on any atom is 0.266 e. The molecular formula is C25H20ClFN2O3. The van der Waals surface area contributed by atoms with Crippen molar-refractivity contribution in [2.45, 2.75) is 13.5 Å². The molecule has 1 N–H and O–H groups in total. The molecule has 0 fully saturated rings. The van der Waals surface area contributed by atoms with Crippen LogP contribution in [-0.2, 0) is 11.4 Å². The van der Waals surface area contributed by atoms with E-state index in [4.69, 9.17) is 21.1 Å². The molecule has 0 saturated heterocycles. The number of halogens is 2. The Morgan fingerprint density at radius 2 is 1.84 bits per heavy atom. The predicted molar refractivity (Wildman–Crippen MR) is 122 cm³/mol. The molecule has 0 aliphatic rings. The van der Waals surface area contributed by atoms with Gasteiger partial charge in [0.05, 0.1) is 17.3 Å². The average Bonchev–Trinajstić information content (AvgIpc) is 2.79. The van der Waals surface area contributed by atoms with Crippen LogP contribution in [0.3, 0.4) is 0 Å². The summed E-state index contributed by atoms with van der Waals surface area (Å²) in [6.07, 6.45) is 1.35. The monoisotopic (exact) mass is 450 g/mol. The number of amides is 1. The summed E-state index contributed by atoms with van der Waals surface area (Å²) in [4.78, 5) is 12.5. The highest BCUT2D eigenvalue weighted by atomic mass is 35.5. The molecule has 0 unspecified atom stereocenters. The Labute approximate surface area is 190 Å². The number of para-hydroxylation sites is 1. The van der Waals surface area contributed by atoms with Gasteiger partial charge in [0.2, 0.25) is 0 Å². The second-order valence-corrected chi connectivity index (χ2v) is 7.05. The minimum Gasteiger partial charge on any atom is -0.490 e. The summed E-state index contributed by atoms with van der Waals surface area (Å²) in [6.45, 7) is 2.48. The van der Waals surface area contributed by atoms with Crippen molar-refractivity contribution in [1.82, 2.24) is 0 Å². The summed E-state index contributed by atoms with van der Waals surface area (Å²) in [6, 6.07) is 20.3. The van der Waals surface area contributed by atoms with Gasteiger partial charge in [-0.05, 0) is 48.4 Å². The van der Waals surface area contributed by atoms with E-state index >= 15 is 0 Å². The molecule has 1 amide bonds. The maximum absolute atomic E-state index is 13.8. The average molecular weight is 451 g/mol. The first-order chi connectivity index (χ1) is 15.5. The van der Waals surface area contributed by atoms with Gasteiger partial charge in [-0.2, -0.15) is 5.26 Å². The number of rotatable bonds is 8. The number of nitrogens with one attached hydrogen (secondary N) is 1. The summed E-state index contributed by atoms with van der Waals surface area (Å²) in [5.74, 6) is -0.589. The molecule has 3 aromatic carbocycles. The Balaban J connectivity index is 1.86. The Hall–Kier alpha value is -3.82. The number of ether oxygens (including phenoxy) is 2. The maximum atomic E-state index is 13.8. The molecule has 3 rings (SSSR count). The van der Waals surface area contributed by atoms with Gasteiger partial charge in [0.25, 0.3) is 5.91 Å². The number of hydrogen-bond donors (Lipinski definition) is 1. The van der Waals surface area contributed by atoms with Crippen molar-refractivity contribution in [3.05, 3.63) is 94.3 Å². The highest BCUT2D eigenvalue weighted by Gasteiger charge is 2.15. The number of hydrogen-bond acceptors (Lipinski definition) is 4. The molecule has 7 heteroatoms. The standard InChI is InChI=1S/C25H20ClFN2O3/c1-2-31-23-14-18(13-20(26)24(23)32-16-17-8-4-3-5-9-17)12-19(15-28)25(30)29-22-11-7-6-10-21(22)27/h3-14H,2,16H2,1H3,(H,29,30)/b19-12-. The number of carbonyl (C=O) groups excluding carboxylic acids is 1. The van der Waals surface area contributed by atoms with Crippen LogP contribution in [0.25, 0.3) is 6.08 Å². The van der Waals surface area contributed by atoms with Crippen LogP contribution in [0.4, 0.5) is 10.1 Å². The molecule has 32 heavy (non-hydrogen) atoms. The molecule has 3 aromatic rings. The lowest BCUT2D eigenvalue weighted by Gasteiger charge is -2.15. The summed E-state index contributed by atoms with van der Waals surface area (Å²) in [5, 5.41) is 12.1. The van der Waals surface area contributed by atoms with Gasteiger partial charge in [0, 0.05) is 0 Å². The van der Waals surface area contributed by atoms with Gasteiger partial charge >= 0.3 is 0 Å². The third-order valence-corrected chi connectivity index (χ3v) is 4.64. The van der Waals surface area contributed by atoms with Gasteiger partial charge in [-0.15, -0.1) is 0 Å². The minimum atomic E-state index is -0.740. The fourth-order valence-corrected chi connectivity index (χ4v) is 3.15. The van der Waals surface area contributed by atoms with E-state index < -0.39 is 11.7 Å². The molecule has 0 spiro atoms. The highest BCUT2D eigenvalue weighted by molar-refractivity contribution is 6.32. The van der Waals surface area contributed by atoms with Crippen LogP contribution in [0.2, 0.25) is 5.02 Å². The van der Waals surface area contributed by atoms with Gasteiger partial charge < -0.3 is 14.8 Å². The van der Waals surface area contributed by atoms with Crippen molar-refractivity contribution in [1.29, 1.82) is 5.26 Å². The Morgan fingerprint density at radius 1 is 1.12 bits per heavy atom. The zero-order valence-electron chi connectivity index (χ0n) is 17.3. The fourth-order valence-electron chi connectivity index (χ4n) is 2.87. The highest BCUT2D eigenvalue weighted by Crippen LogP contribution is 2.38. The van der Waals surface area contributed by atoms with E-state index in [9.17, 15) is 14.4 Å². The molecule has 0 heterocycles. The lowest BCUT2D eigenvalue weighted by molar-refractivity contribution is -0.112. The van der Waals surface area contributed by atoms with Crippen LogP contribution in [0, 0.1) is 17.1 Å². The van der Waals surface area contributed by atoms with Gasteiger partial charge in [0.1, 0.15) is 24.1 Å². The van der Waals surface area contributed by atoms with E-state index in [-0.39, 0.29) is 16.3 Å². The molecule has 0 bridgehead atoms. The number of anilines is 1. The van der Waals surface area contributed by atoms with Crippen molar-refractivity contribution >= 4 is 29.3 Å². The topological polar surface area (TPSA) is 71.3 Å². The van der Waals surface area contributed by atoms with E-state index in [0.29, 0.717) is 30.3 Å². The molecule has 162 valence electrons. The molecule has 0 aliphatic carbocycles. The first kappa shape index (κ1) is 22.9. The fraction of sp³-hybridized carbons (Fsp3) is 0.120. The number of nitriles is 1. The molecule has 0 atom stereocenters. The quantitative estimate of drug-likeness (QED) is 0.337. The smallest absolute Gasteiger partial charge is 0.266 e. The van der Waals surface area contributed by atoms with Gasteiger partial charge in [0.15, 0.2) is 11.5 Å². The minimum absolute atomic E-state index is 0.0173. The van der Waals surface area contributed by atoms with Crippen LogP contribution in [0.1, 0.15) is 18.1 Å². The van der Waals surface area contributed by atoms with Crippen molar-refractivity contribution < 1.29 is 18.7 Å². The molecule has 5 nitrogen and oxygen atoms in total. The van der Waals surface area contributed by atoms with E-state index in [2.05, 4.69) is 5.32 Å². The zero-order valence-corrected chi connectivity index (χ0v) is 18.0. The first-order valence-electron chi connectivity index (χ1n) is 9.82. The van der Waals surface area contributed by atoms with Crippen LogP contribution >= 0.6 is 11.6 Å². The van der Waals surface area contributed by atoms with Crippen LogP contribution in [0.15, 0.2) is 72.3 Å². The second-order valence-electron chi connectivity index (χ2n) is 6.64. The molecule has 0 saturated carbocycles. The third-order valence-electron chi connectivity index (χ3n) is 4.36. The largest absolute Gasteiger partial charge is 0.490 e. The van der Waals surface area contributed by atoms with E-state index in [1.165, 1.54) is 24.3 Å². The number of carbonyl (C=O) groups is 1. The Bertz CT molecular complexity index is 1170. The second kappa shape index (κ2) is 11.0. The van der Waals surface area contributed by atoms with Crippen LogP contribution < -0.4 is 14.8 Å². The van der Waals surface area contributed by atoms with Gasteiger partial charge in [-0.25, -0.2) is 4.39 Å². The lowest BCUT2D eigenvalue weighted by atomic mass is 10.1. The lowest BCUT2D eigenvalue weighted by Crippen LogP contribution is -2.14. The van der Waals surface area contributed by atoms with Crippen LogP contribution in [-0.4, -0.2) is 12.5 Å². The summed E-state index contributed by atoms with van der Waals surface area (Å²) in [7, 11) is 0. The van der Waals surface area contributed by atoms with E-state index in [1.807, 2.05) is 43.3 Å². The van der Waals surface area contributed by atoms with E-state index in [1.54, 1.807) is 18.2 Å². The van der Waals surface area contributed by atoms with Crippen molar-refractivity contribution in [3.8, 4) is 17.6 Å². The summed E-state index contributed by atoms with van der Waals surface area (Å²) >= 11 is 6.43. The molecule has 0 aromatic heterocycles. The normalized spacial score (nSPS) is 10.9. The molecular weight excluding hydrogens is 431 g/mol. The van der Waals surface area contributed by atoms with Crippen molar-refractivity contribution in [2.24, 2.45) is 0 Å². The Morgan fingerprint density at radius 3 is 2.53 bits per heavy atom. The molecule has 0 radical (unpaired) electrons. The summed E-state index contributed by atoms with van der Waals surface area (Å²) in [5.41, 5.74) is 1.19. The van der Waals surface area contributed by atoms with Gasteiger partial charge in [-0.1, -0.05) is 54.1 Å². The summed E-state index contributed by atoms with van der Waals surface area (Å²) < 4.78 is 25.3. The van der Waals surface area contributed by atoms with Gasteiger partial charge in [-0.3, -0.25) is 4.79 Å². The molecule has 0 aliphatic heterocycles. The number of benzene rings is 3. The number of nitrogens with zero attached hydrogens (tertiary/aromatic N) is 1. The first-order valence-corrected chi connectivity index (χ1v) is 10.2. The van der Waals surface area contributed by atoms with Crippen molar-refractivity contribution in [3.63, 3.8) is 0 Å². The SMILES string of the molecule is CCOc1cc(/C=C(/C#N)C(=O)Nc2ccccc2F)cc(Cl)c1OCc1ccccc1. The predicted octanol–water partition coefficient (Wildman–Crippen LogP) is 6.00. The zero-order chi connectivity index (χ0) is 22.9.